The summed E-state index contributed by atoms with van der Waals surface area (Å²) in [5.74, 6) is 1.85. The summed E-state index contributed by atoms with van der Waals surface area (Å²) in [6, 6.07) is 14.3. The fourth-order valence-corrected chi connectivity index (χ4v) is 3.45. The van der Waals surface area contributed by atoms with Crippen molar-refractivity contribution < 1.29 is 9.47 Å². The number of ether oxygens (including phenoxy) is 2. The van der Waals surface area contributed by atoms with Crippen LogP contribution in [0, 0.1) is 5.92 Å². The maximum atomic E-state index is 6.07. The Labute approximate surface area is 181 Å². The summed E-state index contributed by atoms with van der Waals surface area (Å²) < 4.78 is 11.2. The largest absolute Gasteiger partial charge is 0.490 e. The van der Waals surface area contributed by atoms with Gasteiger partial charge in [-0.1, -0.05) is 19.1 Å². The summed E-state index contributed by atoms with van der Waals surface area (Å²) in [5, 5.41) is 0.637. The summed E-state index contributed by atoms with van der Waals surface area (Å²) >= 11 is 6.92. The van der Waals surface area contributed by atoms with Gasteiger partial charge in [0, 0.05) is 10.8 Å². The maximum absolute atomic E-state index is 6.07. The number of thioether (sulfide) groups is 1. The zero-order valence-corrected chi connectivity index (χ0v) is 18.8. The number of hydrogen-bond donors (Lipinski definition) is 1. The number of benzene rings is 2. The number of aromatic amines is 1. The zero-order valence-electron chi connectivity index (χ0n) is 16.4. The van der Waals surface area contributed by atoms with E-state index in [2.05, 4.69) is 47.4 Å². The van der Waals surface area contributed by atoms with Gasteiger partial charge in [-0.25, -0.2) is 4.98 Å². The first-order chi connectivity index (χ1) is 13.0. The summed E-state index contributed by atoms with van der Waals surface area (Å²) in [7, 11) is 1.62. The van der Waals surface area contributed by atoms with Crippen molar-refractivity contribution in [2.45, 2.75) is 31.3 Å². The van der Waals surface area contributed by atoms with Crippen molar-refractivity contribution in [1.29, 1.82) is 0 Å². The van der Waals surface area contributed by atoms with Crippen molar-refractivity contribution in [3.63, 3.8) is 0 Å². The minimum absolute atomic E-state index is 0. The van der Waals surface area contributed by atoms with E-state index in [9.17, 15) is 0 Å². The number of aromatic nitrogens is 2. The number of thiocarbonyl (C=S) groups is 1. The van der Waals surface area contributed by atoms with E-state index in [0.717, 1.165) is 29.0 Å². The van der Waals surface area contributed by atoms with Crippen molar-refractivity contribution in [2.75, 3.05) is 13.4 Å². The normalized spacial score (nSPS) is 12.9. The van der Waals surface area contributed by atoms with Gasteiger partial charge in [-0.15, -0.1) is 24.2 Å². The maximum Gasteiger partial charge on any atom is 0.162 e. The van der Waals surface area contributed by atoms with Crippen molar-refractivity contribution in [2.24, 2.45) is 5.92 Å². The number of halogens is 1. The van der Waals surface area contributed by atoms with Gasteiger partial charge in [-0.2, -0.15) is 0 Å². The van der Waals surface area contributed by atoms with E-state index in [1.165, 1.54) is 10.5 Å². The smallest absolute Gasteiger partial charge is 0.162 e. The summed E-state index contributed by atoms with van der Waals surface area (Å²) in [6.45, 7) is 4.07. The van der Waals surface area contributed by atoms with Gasteiger partial charge >= 0.3 is 0 Å². The van der Waals surface area contributed by atoms with Gasteiger partial charge in [0.05, 0.1) is 18.1 Å². The second-order valence-corrected chi connectivity index (χ2v) is 7.82. The quantitative estimate of drug-likeness (QED) is 0.363. The summed E-state index contributed by atoms with van der Waals surface area (Å²) in [6.07, 6.45) is 2.75. The van der Waals surface area contributed by atoms with Crippen LogP contribution in [0.25, 0.3) is 11.0 Å². The first kappa shape index (κ1) is 22.5. The molecule has 0 radical (unpaired) electrons. The number of rotatable bonds is 7. The molecule has 2 atom stereocenters. The Morgan fingerprint density at radius 1 is 1.18 bits per heavy atom. The van der Waals surface area contributed by atoms with Crippen LogP contribution in [0.3, 0.4) is 0 Å². The molecular formula is C21H25ClN2O2S2. The van der Waals surface area contributed by atoms with Crippen molar-refractivity contribution in [3.8, 4) is 5.75 Å². The lowest BCUT2D eigenvalue weighted by Crippen LogP contribution is -2.13. The number of nitrogens with zero attached hydrogens (tertiary/aromatic N) is 1. The molecule has 150 valence electrons. The fraction of sp³-hybridized carbons (Fsp3) is 0.333. The standard InChI is InChI=1S/C21H24N2O2S2.ClH/c1-13(21(26)24-3)11-15-5-7-16(8-6-15)25-14(2)20-22-18-10-9-17(27-4)12-19(18)23-20;/h5-10,12-14H,11H2,1-4H3,(H,22,23);1H. The molecule has 0 amide bonds. The number of fused-ring (bicyclic) bond motifs is 1. The van der Waals surface area contributed by atoms with E-state index in [1.807, 2.05) is 25.1 Å². The number of methoxy groups -OCH3 is 1. The minimum atomic E-state index is -0.166. The molecule has 3 aromatic rings. The molecule has 0 saturated carbocycles. The first-order valence-electron chi connectivity index (χ1n) is 8.87. The molecular weight excluding hydrogens is 412 g/mol. The van der Waals surface area contributed by atoms with Crippen LogP contribution in [0.4, 0.5) is 0 Å². The highest BCUT2D eigenvalue weighted by Crippen LogP contribution is 2.25. The van der Waals surface area contributed by atoms with E-state index in [-0.39, 0.29) is 24.4 Å². The van der Waals surface area contributed by atoms with Crippen molar-refractivity contribution in [1.82, 2.24) is 9.97 Å². The van der Waals surface area contributed by atoms with Gasteiger partial charge in [0.15, 0.2) is 11.2 Å². The highest BCUT2D eigenvalue weighted by Gasteiger charge is 2.14. The van der Waals surface area contributed by atoms with E-state index in [1.54, 1.807) is 18.9 Å². The second kappa shape index (κ2) is 10.1. The molecule has 3 rings (SSSR count). The fourth-order valence-electron chi connectivity index (χ4n) is 2.93. The van der Waals surface area contributed by atoms with Crippen LogP contribution in [0.15, 0.2) is 47.4 Å². The number of H-pyrrole nitrogens is 1. The molecule has 0 fully saturated rings. The predicted octanol–water partition coefficient (Wildman–Crippen LogP) is 6.00. The third-order valence-corrected chi connectivity index (χ3v) is 5.77. The van der Waals surface area contributed by atoms with Crippen LogP contribution < -0.4 is 4.74 Å². The van der Waals surface area contributed by atoms with E-state index >= 15 is 0 Å². The zero-order chi connectivity index (χ0) is 19.4. The Morgan fingerprint density at radius 2 is 1.89 bits per heavy atom. The van der Waals surface area contributed by atoms with Crippen LogP contribution >= 0.6 is 36.4 Å². The monoisotopic (exact) mass is 436 g/mol. The number of nitrogens with one attached hydrogen (secondary N) is 1. The molecule has 0 aliphatic heterocycles. The first-order valence-corrected chi connectivity index (χ1v) is 10.5. The van der Waals surface area contributed by atoms with Crippen LogP contribution in [0.1, 0.15) is 31.3 Å². The van der Waals surface area contributed by atoms with Gasteiger partial charge in [0.1, 0.15) is 11.6 Å². The average Bonchev–Trinajstić information content (AvgIpc) is 3.12. The summed E-state index contributed by atoms with van der Waals surface area (Å²) in [4.78, 5) is 9.23. The predicted molar refractivity (Wildman–Crippen MR) is 123 cm³/mol. The SMILES string of the molecule is COC(=S)C(C)Cc1ccc(OC(C)c2nc3ccc(SC)cc3[nH]2)cc1.Cl. The van der Waals surface area contributed by atoms with Crippen LogP contribution in [0.2, 0.25) is 0 Å². The van der Waals surface area contributed by atoms with Crippen LogP contribution in [0.5, 0.6) is 5.75 Å². The van der Waals surface area contributed by atoms with E-state index in [0.29, 0.717) is 5.05 Å². The van der Waals surface area contributed by atoms with Crippen LogP contribution in [-0.4, -0.2) is 28.4 Å². The Kier molecular flexibility index (Phi) is 8.16. The lowest BCUT2D eigenvalue weighted by molar-refractivity contribution is 0.218. The van der Waals surface area contributed by atoms with E-state index in [4.69, 9.17) is 21.7 Å². The molecule has 2 aromatic carbocycles. The number of imidazole rings is 1. The molecule has 0 aliphatic rings. The highest BCUT2D eigenvalue weighted by atomic mass is 35.5. The van der Waals surface area contributed by atoms with Crippen LogP contribution in [-0.2, 0) is 11.2 Å². The van der Waals surface area contributed by atoms with Gasteiger partial charge in [-0.3, -0.25) is 0 Å². The molecule has 0 aliphatic carbocycles. The topological polar surface area (TPSA) is 47.1 Å². The molecule has 1 N–H and O–H groups in total. The third kappa shape index (κ3) is 5.40. The molecule has 4 nitrogen and oxygen atoms in total. The van der Waals surface area contributed by atoms with Gasteiger partial charge in [-0.05, 0) is 67.7 Å². The van der Waals surface area contributed by atoms with Crippen molar-refractivity contribution in [3.05, 3.63) is 53.9 Å². The molecule has 0 spiro atoms. The lowest BCUT2D eigenvalue weighted by Gasteiger charge is -2.14. The van der Waals surface area contributed by atoms with E-state index < -0.39 is 0 Å². The summed E-state index contributed by atoms with van der Waals surface area (Å²) in [5.41, 5.74) is 3.19. The van der Waals surface area contributed by atoms with Gasteiger partial charge < -0.3 is 14.5 Å². The second-order valence-electron chi connectivity index (χ2n) is 6.54. The highest BCUT2D eigenvalue weighted by molar-refractivity contribution is 7.98. The van der Waals surface area contributed by atoms with Gasteiger partial charge in [0.25, 0.3) is 0 Å². The average molecular weight is 437 g/mol. The molecule has 28 heavy (non-hydrogen) atoms. The molecule has 1 aromatic heterocycles. The van der Waals surface area contributed by atoms with Crippen molar-refractivity contribution >= 4 is 52.5 Å². The Morgan fingerprint density at radius 3 is 2.54 bits per heavy atom. The molecule has 0 bridgehead atoms. The Bertz CT molecular complexity index is 928. The minimum Gasteiger partial charge on any atom is -0.490 e. The molecule has 0 saturated heterocycles. The molecule has 7 heteroatoms. The third-order valence-electron chi connectivity index (χ3n) is 4.47. The van der Waals surface area contributed by atoms with Gasteiger partial charge in [0.2, 0.25) is 0 Å². The molecule has 2 unspecified atom stereocenters. The Hall–Kier alpha value is -1.76. The lowest BCUT2D eigenvalue weighted by atomic mass is 10.0. The molecule has 1 heterocycles. The number of hydrogen-bond acceptors (Lipinski definition) is 5. The Balaban J connectivity index is 0.00000280.